The van der Waals surface area contributed by atoms with E-state index in [0.29, 0.717) is 23.7 Å². The van der Waals surface area contributed by atoms with Crippen LogP contribution in [-0.2, 0) is 11.8 Å². The summed E-state index contributed by atoms with van der Waals surface area (Å²) < 4.78 is 14.5. The third kappa shape index (κ3) is 3.39. The number of fused-ring (bicyclic) bond motifs is 1. The number of benzene rings is 1. The minimum Gasteiger partial charge on any atom is -0.477 e. The van der Waals surface area contributed by atoms with Crippen LogP contribution in [0, 0.1) is 5.92 Å². The van der Waals surface area contributed by atoms with Crippen molar-refractivity contribution in [2.45, 2.75) is 57.5 Å². The third-order valence-corrected chi connectivity index (χ3v) is 6.76. The monoisotopic (exact) mass is 426 g/mol. The van der Waals surface area contributed by atoms with Gasteiger partial charge >= 0.3 is 17.5 Å². The number of carbonyl (C=O) groups is 1. The molecule has 8 heteroatoms. The van der Waals surface area contributed by atoms with Crippen LogP contribution in [-0.4, -0.2) is 32.8 Å². The number of ether oxygens (including phenoxy) is 1. The van der Waals surface area contributed by atoms with Crippen molar-refractivity contribution in [3.63, 3.8) is 0 Å². The number of hydrogen-bond acceptors (Lipinski definition) is 4. The smallest absolute Gasteiger partial charge is 0.477 e. The van der Waals surface area contributed by atoms with E-state index >= 15 is 0 Å². The Morgan fingerprint density at radius 1 is 1.32 bits per heavy atom. The van der Waals surface area contributed by atoms with Gasteiger partial charge in [0, 0.05) is 12.0 Å². The standard InChI is InChI=1S/C23H27N3O5/c1-12-7-16(12)20-25(4)31-22(29)26(20)18-10-14(13-5-6-30-23(2,3)11-13)8-15-9-17(21(27)28)24-19(15)18/h8-10,12-13,16,24H,5-7,11H2,1-4H3/p+1/t12-,13-,16+/m0/s1. The quantitative estimate of drug-likeness (QED) is 0.624. The highest BCUT2D eigenvalue weighted by Gasteiger charge is 2.46. The fraction of sp³-hybridized carbons (Fsp3) is 0.522. The van der Waals surface area contributed by atoms with Crippen molar-refractivity contribution in [3.8, 4) is 5.69 Å². The Morgan fingerprint density at radius 3 is 2.71 bits per heavy atom. The highest BCUT2D eigenvalue weighted by Crippen LogP contribution is 2.46. The minimum absolute atomic E-state index is 0.1000. The van der Waals surface area contributed by atoms with E-state index in [-0.39, 0.29) is 23.1 Å². The molecule has 0 unspecified atom stereocenters. The summed E-state index contributed by atoms with van der Waals surface area (Å²) in [5.41, 5.74) is 2.23. The van der Waals surface area contributed by atoms with Crippen molar-refractivity contribution in [1.82, 2.24) is 9.55 Å². The van der Waals surface area contributed by atoms with Crippen LogP contribution in [0.15, 0.2) is 27.5 Å². The van der Waals surface area contributed by atoms with Gasteiger partial charge in [0.25, 0.3) is 0 Å². The molecule has 164 valence electrons. The minimum atomic E-state index is -1.03. The summed E-state index contributed by atoms with van der Waals surface area (Å²) in [4.78, 5) is 27.6. The molecule has 8 nitrogen and oxygen atoms in total. The summed E-state index contributed by atoms with van der Waals surface area (Å²) in [6, 6.07) is 5.70. The fourth-order valence-electron chi connectivity index (χ4n) is 5.03. The average Bonchev–Trinajstić information content (AvgIpc) is 3.11. The Morgan fingerprint density at radius 2 is 2.06 bits per heavy atom. The summed E-state index contributed by atoms with van der Waals surface area (Å²) in [5, 5.41) is 10.3. The lowest BCUT2D eigenvalue weighted by Gasteiger charge is -2.35. The van der Waals surface area contributed by atoms with Crippen LogP contribution in [0.2, 0.25) is 0 Å². The number of aromatic carboxylic acids is 1. The molecular formula is C23H28N3O5+. The van der Waals surface area contributed by atoms with Crippen LogP contribution in [0.3, 0.4) is 0 Å². The second-order valence-electron chi connectivity index (χ2n) is 9.66. The molecule has 3 aromatic rings. The molecule has 0 radical (unpaired) electrons. The first-order valence-electron chi connectivity index (χ1n) is 10.8. The number of carboxylic acids is 1. The Labute approximate surface area is 179 Å². The zero-order valence-electron chi connectivity index (χ0n) is 18.3. The molecule has 1 aromatic carbocycles. The van der Waals surface area contributed by atoms with Gasteiger partial charge in [-0.1, -0.05) is 11.7 Å². The second kappa shape index (κ2) is 6.82. The second-order valence-corrected chi connectivity index (χ2v) is 9.66. The van der Waals surface area contributed by atoms with E-state index in [2.05, 4.69) is 25.8 Å². The van der Waals surface area contributed by atoms with Gasteiger partial charge in [0.05, 0.1) is 17.0 Å². The molecule has 0 spiro atoms. The lowest BCUT2D eigenvalue weighted by molar-refractivity contribution is -0.853. The maximum atomic E-state index is 12.9. The molecule has 1 aliphatic heterocycles. The molecule has 2 aromatic heterocycles. The lowest BCUT2D eigenvalue weighted by atomic mass is 9.83. The summed E-state index contributed by atoms with van der Waals surface area (Å²) in [6.45, 7) is 7.00. The predicted molar refractivity (Wildman–Crippen MR) is 113 cm³/mol. The van der Waals surface area contributed by atoms with Gasteiger partial charge < -0.3 is 14.8 Å². The van der Waals surface area contributed by atoms with Gasteiger partial charge in [0.15, 0.2) is 5.69 Å². The van der Waals surface area contributed by atoms with Gasteiger partial charge in [-0.25, -0.2) is 9.32 Å². The van der Waals surface area contributed by atoms with Crippen LogP contribution in [0.1, 0.15) is 73.7 Å². The SMILES string of the molecule is C[C@H]1C[C@H]1c1n(-c2cc([C@H]3CCOC(C)(C)C3)cc3cc(C(=O)O)[nH]c23)c(=O)o[n+]1C. The Kier molecular flexibility index (Phi) is 4.41. The maximum Gasteiger partial charge on any atom is 0.554 e. The molecule has 31 heavy (non-hydrogen) atoms. The largest absolute Gasteiger partial charge is 0.554 e. The van der Waals surface area contributed by atoms with Crippen molar-refractivity contribution < 1.29 is 23.9 Å². The van der Waals surface area contributed by atoms with Crippen LogP contribution < -0.4 is 10.5 Å². The van der Waals surface area contributed by atoms with Gasteiger partial charge in [0.1, 0.15) is 12.7 Å². The number of aromatic amines is 1. The predicted octanol–water partition coefficient (Wildman–Crippen LogP) is 3.23. The van der Waals surface area contributed by atoms with Gasteiger partial charge in [-0.2, -0.15) is 4.79 Å². The zero-order valence-corrected chi connectivity index (χ0v) is 18.3. The van der Waals surface area contributed by atoms with E-state index in [9.17, 15) is 14.7 Å². The van der Waals surface area contributed by atoms with Crippen molar-refractivity contribution in [2.24, 2.45) is 13.0 Å². The average molecular weight is 426 g/mol. The van der Waals surface area contributed by atoms with Gasteiger partial charge in [-0.05, 0) is 68.7 Å². The molecule has 3 heterocycles. The number of rotatable bonds is 4. The molecule has 2 fully saturated rings. The number of carboxylic acid groups (broad SMARTS) is 1. The van der Waals surface area contributed by atoms with E-state index in [0.717, 1.165) is 36.0 Å². The normalized spacial score (nSPS) is 25.1. The highest BCUT2D eigenvalue weighted by atomic mass is 16.5. The molecule has 0 bridgehead atoms. The summed E-state index contributed by atoms with van der Waals surface area (Å²) >= 11 is 0. The Bertz CT molecular complexity index is 1250. The van der Waals surface area contributed by atoms with Crippen molar-refractivity contribution >= 4 is 16.9 Å². The van der Waals surface area contributed by atoms with Crippen LogP contribution in [0.5, 0.6) is 0 Å². The summed E-state index contributed by atoms with van der Waals surface area (Å²) in [5.74, 6) is 0.295. The summed E-state index contributed by atoms with van der Waals surface area (Å²) in [6.07, 6.45) is 2.73. The van der Waals surface area contributed by atoms with Gasteiger partial charge in [-0.15, -0.1) is 4.57 Å². The molecule has 1 saturated carbocycles. The number of hydrogen-bond donors (Lipinski definition) is 2. The lowest BCUT2D eigenvalue weighted by Crippen LogP contribution is -2.33. The van der Waals surface area contributed by atoms with Gasteiger partial charge in [0.2, 0.25) is 0 Å². The number of aromatic nitrogens is 3. The van der Waals surface area contributed by atoms with Crippen molar-refractivity contribution in [1.29, 1.82) is 0 Å². The number of nitrogens with one attached hydrogen (secondary N) is 1. The fourth-order valence-corrected chi connectivity index (χ4v) is 5.03. The summed E-state index contributed by atoms with van der Waals surface area (Å²) in [7, 11) is 1.75. The van der Waals surface area contributed by atoms with E-state index in [1.807, 2.05) is 12.1 Å². The molecule has 1 saturated heterocycles. The highest BCUT2D eigenvalue weighted by molar-refractivity contribution is 5.97. The molecule has 2 N–H and O–H groups in total. The number of aryl methyl sites for hydroxylation is 1. The molecule has 5 rings (SSSR count). The van der Waals surface area contributed by atoms with Crippen LogP contribution in [0.25, 0.3) is 16.6 Å². The number of H-pyrrole nitrogens is 1. The van der Waals surface area contributed by atoms with Crippen molar-refractivity contribution in [2.75, 3.05) is 6.61 Å². The molecule has 2 aliphatic rings. The van der Waals surface area contributed by atoms with E-state index in [1.165, 1.54) is 0 Å². The van der Waals surface area contributed by atoms with Gasteiger partial charge in [-0.3, -0.25) is 0 Å². The molecular weight excluding hydrogens is 398 g/mol. The van der Waals surface area contributed by atoms with Crippen LogP contribution >= 0.6 is 0 Å². The van der Waals surface area contributed by atoms with E-state index < -0.39 is 11.7 Å². The molecule has 3 atom stereocenters. The molecule has 1 aliphatic carbocycles. The topological polar surface area (TPSA) is 101 Å². The first-order chi connectivity index (χ1) is 14.6. The first kappa shape index (κ1) is 20.1. The Balaban J connectivity index is 1.74. The van der Waals surface area contributed by atoms with E-state index in [1.54, 1.807) is 22.4 Å². The van der Waals surface area contributed by atoms with E-state index in [4.69, 9.17) is 9.26 Å². The first-order valence-corrected chi connectivity index (χ1v) is 10.8. The van der Waals surface area contributed by atoms with Crippen LogP contribution in [0.4, 0.5) is 0 Å². The van der Waals surface area contributed by atoms with Crippen molar-refractivity contribution in [3.05, 3.63) is 45.8 Å². The third-order valence-electron chi connectivity index (χ3n) is 6.76. The Hall–Kier alpha value is -2.87. The molecule has 0 amide bonds. The maximum absolute atomic E-state index is 12.9. The number of nitrogens with zero attached hydrogens (tertiary/aromatic N) is 2. The zero-order chi connectivity index (χ0) is 22.1.